The highest BCUT2D eigenvalue weighted by Crippen LogP contribution is 2.40. The number of esters is 1. The van der Waals surface area contributed by atoms with Gasteiger partial charge in [0.05, 0.1) is 13.5 Å². The molecule has 0 aromatic heterocycles. The maximum absolute atomic E-state index is 12.8. The third-order valence-corrected chi connectivity index (χ3v) is 5.15. The lowest BCUT2D eigenvalue weighted by molar-refractivity contribution is -0.143. The lowest BCUT2D eigenvalue weighted by Crippen LogP contribution is -2.51. The first kappa shape index (κ1) is 22.7. The monoisotopic (exact) mass is 404 g/mol. The lowest BCUT2D eigenvalue weighted by Gasteiger charge is -2.31. The summed E-state index contributed by atoms with van der Waals surface area (Å²) in [6.07, 6.45) is 3.16. The Kier molecular flexibility index (Phi) is 7.65. The van der Waals surface area contributed by atoms with Gasteiger partial charge in [-0.2, -0.15) is 0 Å². The average molecular weight is 405 g/mol. The number of amides is 2. The van der Waals surface area contributed by atoms with Crippen LogP contribution in [0.1, 0.15) is 58.4 Å². The van der Waals surface area contributed by atoms with Crippen molar-refractivity contribution < 1.29 is 23.9 Å². The van der Waals surface area contributed by atoms with Crippen LogP contribution in [0.15, 0.2) is 30.3 Å². The van der Waals surface area contributed by atoms with Crippen LogP contribution in [0.4, 0.5) is 4.79 Å². The summed E-state index contributed by atoms with van der Waals surface area (Å²) in [5.41, 5.74) is 0.360. The molecule has 1 aliphatic carbocycles. The molecule has 1 aromatic carbocycles. The first-order valence-corrected chi connectivity index (χ1v) is 10.0. The predicted molar refractivity (Wildman–Crippen MR) is 109 cm³/mol. The molecule has 0 unspecified atom stereocenters. The fourth-order valence-corrected chi connectivity index (χ4v) is 3.70. The molecule has 0 bridgehead atoms. The second kappa shape index (κ2) is 9.76. The number of hydrogen-bond acceptors (Lipinski definition) is 5. The summed E-state index contributed by atoms with van der Waals surface area (Å²) < 4.78 is 9.89. The number of carbonyl (C=O) groups excluding carboxylic acids is 3. The Hall–Kier alpha value is -2.57. The van der Waals surface area contributed by atoms with Gasteiger partial charge < -0.3 is 20.1 Å². The van der Waals surface area contributed by atoms with E-state index < -0.39 is 29.6 Å². The first-order chi connectivity index (χ1) is 13.6. The van der Waals surface area contributed by atoms with Gasteiger partial charge in [-0.15, -0.1) is 0 Å². The first-order valence-electron chi connectivity index (χ1n) is 10.0. The largest absolute Gasteiger partial charge is 0.469 e. The summed E-state index contributed by atoms with van der Waals surface area (Å²) in [5.74, 6) is -1.01. The van der Waals surface area contributed by atoms with Crippen molar-refractivity contribution in [1.29, 1.82) is 0 Å². The molecule has 0 spiro atoms. The Morgan fingerprint density at radius 2 is 1.72 bits per heavy atom. The molecule has 1 saturated carbocycles. The third-order valence-electron chi connectivity index (χ3n) is 5.15. The van der Waals surface area contributed by atoms with Crippen LogP contribution < -0.4 is 10.6 Å². The minimum atomic E-state index is -1.06. The third kappa shape index (κ3) is 6.76. The Bertz CT molecular complexity index is 706. The Morgan fingerprint density at radius 3 is 2.28 bits per heavy atom. The molecule has 7 nitrogen and oxygen atoms in total. The summed E-state index contributed by atoms with van der Waals surface area (Å²) >= 11 is 0. The van der Waals surface area contributed by atoms with Crippen molar-refractivity contribution in [3.8, 4) is 0 Å². The van der Waals surface area contributed by atoms with Gasteiger partial charge >= 0.3 is 12.1 Å². The highest BCUT2D eigenvalue weighted by molar-refractivity contribution is 5.89. The van der Waals surface area contributed by atoms with Crippen LogP contribution in [0, 0.1) is 0 Å². The van der Waals surface area contributed by atoms with Crippen molar-refractivity contribution in [2.75, 3.05) is 13.7 Å². The van der Waals surface area contributed by atoms with Gasteiger partial charge in [-0.1, -0.05) is 43.2 Å². The standard InChI is InChI=1S/C22H32N2O5/c1-21(2,3)29-20(27)24-17(14-18(25)28-4)19(26)23-15-22(12-8-9-13-22)16-10-6-5-7-11-16/h5-7,10-11,17H,8-9,12-15H2,1-4H3,(H,23,26)(H,24,27)/t17-/m0/s1. The number of nitrogens with one attached hydrogen (secondary N) is 2. The molecule has 0 saturated heterocycles. The van der Waals surface area contributed by atoms with Gasteiger partial charge in [0.15, 0.2) is 0 Å². The Morgan fingerprint density at radius 1 is 1.10 bits per heavy atom. The zero-order valence-corrected chi connectivity index (χ0v) is 17.7. The quantitative estimate of drug-likeness (QED) is 0.681. The van der Waals surface area contributed by atoms with Crippen LogP contribution in [0.2, 0.25) is 0 Å². The topological polar surface area (TPSA) is 93.7 Å². The predicted octanol–water partition coefficient (Wildman–Crippen LogP) is 3.07. The molecule has 0 heterocycles. The molecular formula is C22H32N2O5. The van der Waals surface area contributed by atoms with E-state index in [4.69, 9.17) is 4.74 Å². The van der Waals surface area contributed by atoms with E-state index in [0.29, 0.717) is 6.54 Å². The molecular weight excluding hydrogens is 372 g/mol. The fourth-order valence-electron chi connectivity index (χ4n) is 3.70. The molecule has 1 aromatic rings. The molecule has 0 radical (unpaired) electrons. The molecule has 2 rings (SSSR count). The van der Waals surface area contributed by atoms with Gasteiger partial charge in [-0.05, 0) is 39.2 Å². The van der Waals surface area contributed by atoms with Gasteiger partial charge in [0.2, 0.25) is 5.91 Å². The van der Waals surface area contributed by atoms with Gasteiger partial charge in [-0.3, -0.25) is 9.59 Å². The number of ether oxygens (including phenoxy) is 2. The van der Waals surface area contributed by atoms with Crippen molar-refractivity contribution in [3.63, 3.8) is 0 Å². The molecule has 1 fully saturated rings. The van der Waals surface area contributed by atoms with E-state index >= 15 is 0 Å². The zero-order valence-electron chi connectivity index (χ0n) is 17.7. The van der Waals surface area contributed by atoms with E-state index in [9.17, 15) is 14.4 Å². The SMILES string of the molecule is COC(=O)C[C@H](NC(=O)OC(C)(C)C)C(=O)NCC1(c2ccccc2)CCCC1. The smallest absolute Gasteiger partial charge is 0.408 e. The van der Waals surface area contributed by atoms with Crippen molar-refractivity contribution in [3.05, 3.63) is 35.9 Å². The minimum Gasteiger partial charge on any atom is -0.469 e. The van der Waals surface area contributed by atoms with E-state index in [1.54, 1.807) is 20.8 Å². The number of benzene rings is 1. The van der Waals surface area contributed by atoms with Gasteiger partial charge in [-0.25, -0.2) is 4.79 Å². The van der Waals surface area contributed by atoms with Gasteiger partial charge in [0.25, 0.3) is 0 Å². The molecule has 2 N–H and O–H groups in total. The molecule has 1 aliphatic rings. The van der Waals surface area contributed by atoms with Crippen LogP contribution in [-0.2, 0) is 24.5 Å². The lowest BCUT2D eigenvalue weighted by atomic mass is 9.79. The van der Waals surface area contributed by atoms with Crippen LogP contribution in [0.25, 0.3) is 0 Å². The highest BCUT2D eigenvalue weighted by atomic mass is 16.6. The number of hydrogen-bond donors (Lipinski definition) is 2. The maximum Gasteiger partial charge on any atom is 0.408 e. The van der Waals surface area contributed by atoms with E-state index in [1.807, 2.05) is 18.2 Å². The van der Waals surface area contributed by atoms with Gasteiger partial charge in [0.1, 0.15) is 11.6 Å². The van der Waals surface area contributed by atoms with Gasteiger partial charge in [0, 0.05) is 12.0 Å². The Labute approximate surface area is 172 Å². The summed E-state index contributed by atoms with van der Waals surface area (Å²) in [5, 5.41) is 5.44. The second-order valence-electron chi connectivity index (χ2n) is 8.55. The number of methoxy groups -OCH3 is 1. The zero-order chi connectivity index (χ0) is 21.5. The van der Waals surface area contributed by atoms with E-state index in [-0.39, 0.29) is 11.8 Å². The minimum absolute atomic E-state index is 0.126. The van der Waals surface area contributed by atoms with Crippen molar-refractivity contribution in [2.45, 2.75) is 69.9 Å². The van der Waals surface area contributed by atoms with Crippen molar-refractivity contribution >= 4 is 18.0 Å². The maximum atomic E-state index is 12.8. The normalized spacial score (nSPS) is 16.6. The van der Waals surface area contributed by atoms with E-state index in [1.165, 1.54) is 12.7 Å². The number of alkyl carbamates (subject to hydrolysis) is 1. The van der Waals surface area contributed by atoms with Crippen LogP contribution >= 0.6 is 0 Å². The molecule has 1 atom stereocenters. The molecule has 0 aliphatic heterocycles. The van der Waals surface area contributed by atoms with Crippen molar-refractivity contribution in [1.82, 2.24) is 10.6 Å². The Balaban J connectivity index is 2.07. The molecule has 7 heteroatoms. The highest BCUT2D eigenvalue weighted by Gasteiger charge is 2.37. The number of carbonyl (C=O) groups is 3. The van der Waals surface area contributed by atoms with E-state index in [0.717, 1.165) is 25.7 Å². The van der Waals surface area contributed by atoms with Crippen LogP contribution in [-0.4, -0.2) is 43.3 Å². The summed E-state index contributed by atoms with van der Waals surface area (Å²) in [6, 6.07) is 9.08. The summed E-state index contributed by atoms with van der Waals surface area (Å²) in [4.78, 5) is 36.7. The van der Waals surface area contributed by atoms with Crippen molar-refractivity contribution in [2.24, 2.45) is 0 Å². The van der Waals surface area contributed by atoms with E-state index in [2.05, 4.69) is 27.5 Å². The second-order valence-corrected chi connectivity index (χ2v) is 8.55. The molecule has 29 heavy (non-hydrogen) atoms. The molecule has 160 valence electrons. The number of rotatable bonds is 7. The molecule has 2 amide bonds. The van der Waals surface area contributed by atoms with Crippen LogP contribution in [0.5, 0.6) is 0 Å². The fraction of sp³-hybridized carbons (Fsp3) is 0.591. The summed E-state index contributed by atoms with van der Waals surface area (Å²) in [6.45, 7) is 5.63. The average Bonchev–Trinajstić information content (AvgIpc) is 3.15. The summed E-state index contributed by atoms with van der Waals surface area (Å²) in [7, 11) is 1.24. The van der Waals surface area contributed by atoms with Crippen LogP contribution in [0.3, 0.4) is 0 Å².